The summed E-state index contributed by atoms with van der Waals surface area (Å²) in [6.45, 7) is 7.01. The van der Waals surface area contributed by atoms with E-state index in [4.69, 9.17) is 4.74 Å². The zero-order valence-electron chi connectivity index (χ0n) is 11.5. The minimum absolute atomic E-state index is 0.0364. The lowest BCUT2D eigenvalue weighted by atomic mass is 9.84. The van der Waals surface area contributed by atoms with Crippen molar-refractivity contribution in [3.05, 3.63) is 40.1 Å². The highest BCUT2D eigenvalue weighted by Gasteiger charge is 2.31. The van der Waals surface area contributed by atoms with Gasteiger partial charge in [0.25, 0.3) is 5.56 Å². The van der Waals surface area contributed by atoms with E-state index < -0.39 is 0 Å². The maximum atomic E-state index is 12.1. The average molecular weight is 258 g/mol. The Balaban J connectivity index is 2.15. The molecule has 0 fully saturated rings. The topological polar surface area (TPSA) is 55.0 Å². The van der Waals surface area contributed by atoms with Gasteiger partial charge >= 0.3 is 0 Å². The van der Waals surface area contributed by atoms with Crippen LogP contribution < -0.4 is 5.56 Å². The number of aromatic nitrogens is 2. The molecule has 0 aliphatic carbocycles. The number of nitrogens with one attached hydrogen (secondary N) is 1. The molecule has 1 aliphatic rings. The van der Waals surface area contributed by atoms with E-state index in [2.05, 4.69) is 30.7 Å². The van der Waals surface area contributed by atoms with Crippen molar-refractivity contribution >= 4 is 10.8 Å². The van der Waals surface area contributed by atoms with Crippen molar-refractivity contribution in [1.29, 1.82) is 0 Å². The van der Waals surface area contributed by atoms with E-state index in [1.165, 1.54) is 0 Å². The molecule has 19 heavy (non-hydrogen) atoms. The summed E-state index contributed by atoms with van der Waals surface area (Å²) in [4.78, 5) is 19.2. The fourth-order valence-corrected chi connectivity index (χ4v) is 2.60. The molecule has 3 rings (SSSR count). The van der Waals surface area contributed by atoms with Crippen molar-refractivity contribution < 1.29 is 4.74 Å². The number of aromatic amines is 1. The third-order valence-corrected chi connectivity index (χ3v) is 3.80. The number of hydrogen-bond acceptors (Lipinski definition) is 3. The monoisotopic (exact) mass is 258 g/mol. The van der Waals surface area contributed by atoms with Gasteiger partial charge in [0.1, 0.15) is 0 Å². The molecule has 0 saturated heterocycles. The van der Waals surface area contributed by atoms with Crippen LogP contribution in [0.1, 0.15) is 32.0 Å². The molecule has 0 radical (unpaired) electrons. The molecule has 1 unspecified atom stereocenters. The molecule has 1 N–H and O–H groups in total. The highest BCUT2D eigenvalue weighted by Crippen LogP contribution is 2.32. The maximum Gasteiger partial charge on any atom is 0.256 e. The molecule has 0 spiro atoms. The Morgan fingerprint density at radius 2 is 2.16 bits per heavy atom. The second-order valence-electron chi connectivity index (χ2n) is 6.20. The summed E-state index contributed by atoms with van der Waals surface area (Å²) in [6, 6.07) is 1.75. The molecule has 2 aromatic rings. The van der Waals surface area contributed by atoms with Crippen molar-refractivity contribution in [3.63, 3.8) is 0 Å². The van der Waals surface area contributed by atoms with Crippen molar-refractivity contribution in [2.24, 2.45) is 5.41 Å². The number of pyridine rings is 2. The molecular formula is C15H18N2O2. The van der Waals surface area contributed by atoms with Crippen LogP contribution in [0.2, 0.25) is 0 Å². The smallest absolute Gasteiger partial charge is 0.256 e. The van der Waals surface area contributed by atoms with Gasteiger partial charge in [0.2, 0.25) is 0 Å². The Bertz CT molecular complexity index is 683. The zero-order chi connectivity index (χ0) is 13.6. The number of nitrogens with zero attached hydrogens (tertiary/aromatic N) is 1. The van der Waals surface area contributed by atoms with Crippen LogP contribution in [0.3, 0.4) is 0 Å². The third-order valence-electron chi connectivity index (χ3n) is 3.80. The predicted octanol–water partition coefficient (Wildman–Crippen LogP) is 2.41. The average Bonchev–Trinajstić information content (AvgIpc) is 2.37. The molecule has 1 atom stereocenters. The first-order valence-electron chi connectivity index (χ1n) is 6.56. The van der Waals surface area contributed by atoms with Crippen LogP contribution in [0.5, 0.6) is 0 Å². The van der Waals surface area contributed by atoms with E-state index in [0.717, 1.165) is 23.1 Å². The second-order valence-corrected chi connectivity index (χ2v) is 6.20. The van der Waals surface area contributed by atoms with Gasteiger partial charge in [-0.1, -0.05) is 20.8 Å². The van der Waals surface area contributed by atoms with E-state index in [-0.39, 0.29) is 17.1 Å². The lowest BCUT2D eigenvalue weighted by Crippen LogP contribution is -2.36. The van der Waals surface area contributed by atoms with Crippen LogP contribution in [0.15, 0.2) is 23.3 Å². The summed E-state index contributed by atoms with van der Waals surface area (Å²) < 4.78 is 5.97. The first-order chi connectivity index (χ1) is 8.97. The van der Waals surface area contributed by atoms with Crippen molar-refractivity contribution in [3.8, 4) is 0 Å². The fraction of sp³-hybridized carbons (Fsp3) is 0.467. The summed E-state index contributed by atoms with van der Waals surface area (Å²) >= 11 is 0. The molecule has 0 amide bonds. The molecule has 1 aliphatic heterocycles. The van der Waals surface area contributed by atoms with E-state index in [1.807, 2.05) is 0 Å². The third kappa shape index (κ3) is 2.06. The Morgan fingerprint density at radius 1 is 1.37 bits per heavy atom. The van der Waals surface area contributed by atoms with Gasteiger partial charge in [-0.25, -0.2) is 0 Å². The largest absolute Gasteiger partial charge is 0.373 e. The molecule has 0 saturated carbocycles. The van der Waals surface area contributed by atoms with Crippen LogP contribution in [0.25, 0.3) is 10.8 Å². The lowest BCUT2D eigenvalue weighted by Gasteiger charge is -2.34. The Kier molecular flexibility index (Phi) is 2.71. The minimum atomic E-state index is -0.0364. The van der Waals surface area contributed by atoms with Gasteiger partial charge in [0, 0.05) is 35.5 Å². The molecule has 2 aromatic heterocycles. The van der Waals surface area contributed by atoms with Crippen LogP contribution in [-0.4, -0.2) is 16.1 Å². The number of fused-ring (bicyclic) bond motifs is 3. The summed E-state index contributed by atoms with van der Waals surface area (Å²) in [5.74, 6) is 0. The van der Waals surface area contributed by atoms with Crippen LogP contribution in [0, 0.1) is 5.41 Å². The Hall–Kier alpha value is -1.68. The highest BCUT2D eigenvalue weighted by molar-refractivity contribution is 5.84. The number of H-pyrrole nitrogens is 1. The number of ether oxygens (including phenoxy) is 1. The van der Waals surface area contributed by atoms with Crippen molar-refractivity contribution in [2.45, 2.75) is 39.9 Å². The molecule has 4 nitrogen and oxygen atoms in total. The first-order valence-corrected chi connectivity index (χ1v) is 6.56. The lowest BCUT2D eigenvalue weighted by molar-refractivity contribution is -0.0380. The van der Waals surface area contributed by atoms with Crippen LogP contribution >= 0.6 is 0 Å². The van der Waals surface area contributed by atoms with Gasteiger partial charge in [-0.3, -0.25) is 9.78 Å². The fourth-order valence-electron chi connectivity index (χ4n) is 2.60. The van der Waals surface area contributed by atoms with Gasteiger partial charge in [-0.15, -0.1) is 0 Å². The summed E-state index contributed by atoms with van der Waals surface area (Å²) in [5, 5.41) is 1.60. The van der Waals surface area contributed by atoms with Crippen LogP contribution in [0.4, 0.5) is 0 Å². The minimum Gasteiger partial charge on any atom is -0.373 e. The van der Waals surface area contributed by atoms with Crippen molar-refractivity contribution in [1.82, 2.24) is 9.97 Å². The zero-order valence-corrected chi connectivity index (χ0v) is 11.5. The predicted molar refractivity (Wildman–Crippen MR) is 74.1 cm³/mol. The number of rotatable bonds is 0. The Morgan fingerprint density at radius 3 is 2.89 bits per heavy atom. The normalized spacial score (nSPS) is 19.4. The Labute approximate surface area is 111 Å². The highest BCUT2D eigenvalue weighted by atomic mass is 16.5. The number of hydrogen-bond donors (Lipinski definition) is 1. The molecule has 100 valence electrons. The molecule has 3 heterocycles. The molecule has 0 bridgehead atoms. The molecule has 0 aromatic carbocycles. The van der Waals surface area contributed by atoms with E-state index in [1.54, 1.807) is 18.5 Å². The summed E-state index contributed by atoms with van der Waals surface area (Å²) in [7, 11) is 0. The first kappa shape index (κ1) is 12.4. The van der Waals surface area contributed by atoms with Gasteiger partial charge in [0.05, 0.1) is 18.1 Å². The van der Waals surface area contributed by atoms with E-state index >= 15 is 0 Å². The summed E-state index contributed by atoms with van der Waals surface area (Å²) in [6.07, 6.45) is 4.28. The van der Waals surface area contributed by atoms with Gasteiger partial charge in [0.15, 0.2) is 0 Å². The maximum absolute atomic E-state index is 12.1. The summed E-state index contributed by atoms with van der Waals surface area (Å²) in [5.41, 5.74) is 2.10. The second kappa shape index (κ2) is 4.17. The van der Waals surface area contributed by atoms with Gasteiger partial charge < -0.3 is 9.72 Å². The van der Waals surface area contributed by atoms with Gasteiger partial charge in [-0.05, 0) is 11.5 Å². The van der Waals surface area contributed by atoms with Crippen LogP contribution in [-0.2, 0) is 17.8 Å². The standard InChI is InChI=1S/C15H18N2O2/c1-15(2,3)13-6-12-11(8-19-13)10-7-16-5-4-9(10)14(18)17-12/h4-5,7,13H,6,8H2,1-3H3,(H,17,18). The molecular weight excluding hydrogens is 240 g/mol. The van der Waals surface area contributed by atoms with E-state index in [0.29, 0.717) is 12.0 Å². The molecule has 4 heteroatoms. The SMILES string of the molecule is CC(C)(C)C1Cc2[nH]c(=O)c3ccncc3c2CO1. The van der Waals surface area contributed by atoms with Crippen molar-refractivity contribution in [2.75, 3.05) is 0 Å². The quantitative estimate of drug-likeness (QED) is 0.789. The van der Waals surface area contributed by atoms with E-state index in [9.17, 15) is 4.79 Å². The van der Waals surface area contributed by atoms with Gasteiger partial charge in [-0.2, -0.15) is 0 Å².